The van der Waals surface area contributed by atoms with E-state index in [-0.39, 0.29) is 10.0 Å². The zero-order valence-corrected chi connectivity index (χ0v) is 8.88. The van der Waals surface area contributed by atoms with Crippen molar-refractivity contribution in [1.82, 2.24) is 0 Å². The number of hydrogen-bond acceptors (Lipinski definition) is 2. The summed E-state index contributed by atoms with van der Waals surface area (Å²) < 4.78 is 12.9. The van der Waals surface area contributed by atoms with E-state index in [1.807, 2.05) is 0 Å². The van der Waals surface area contributed by atoms with Crippen LogP contribution in [0.1, 0.15) is 12.5 Å². The van der Waals surface area contributed by atoms with E-state index in [4.69, 9.17) is 5.11 Å². The molecule has 3 nitrogen and oxygen atoms in total. The minimum atomic E-state index is -2.02. The fourth-order valence-corrected chi connectivity index (χ4v) is 1.74. The fourth-order valence-electron chi connectivity index (χ4n) is 0.999. The number of halogens is 2. The molecule has 0 radical (unpaired) electrons. The smallest absolute Gasteiger partial charge is 0.340 e. The van der Waals surface area contributed by atoms with Crippen LogP contribution in [0.2, 0.25) is 0 Å². The molecule has 0 bridgehead atoms. The van der Waals surface area contributed by atoms with Crippen molar-refractivity contribution >= 4 is 21.9 Å². The van der Waals surface area contributed by atoms with E-state index in [0.717, 1.165) is 19.1 Å². The van der Waals surface area contributed by atoms with Crippen LogP contribution in [0.5, 0.6) is 0 Å². The van der Waals surface area contributed by atoms with Crippen LogP contribution in [0.25, 0.3) is 0 Å². The largest absolute Gasteiger partial charge is 0.479 e. The van der Waals surface area contributed by atoms with E-state index in [0.29, 0.717) is 0 Å². The molecule has 0 spiro atoms. The molecule has 14 heavy (non-hydrogen) atoms. The van der Waals surface area contributed by atoms with Crippen molar-refractivity contribution in [2.45, 2.75) is 12.5 Å². The molecule has 0 heterocycles. The summed E-state index contributed by atoms with van der Waals surface area (Å²) in [5, 5.41) is 18.3. The number of aliphatic hydroxyl groups is 1. The van der Waals surface area contributed by atoms with Crippen molar-refractivity contribution in [2.24, 2.45) is 0 Å². The van der Waals surface area contributed by atoms with Gasteiger partial charge in [-0.2, -0.15) is 0 Å². The average molecular weight is 263 g/mol. The Balaban J connectivity index is 3.26. The standard InChI is InChI=1S/C9H8BrFO3/c1-9(14,8(12)13)6-3-2-5(11)4-7(6)10/h2-4,14H,1H3,(H,12,13). The summed E-state index contributed by atoms with van der Waals surface area (Å²) in [5.41, 5.74) is -1.90. The maximum absolute atomic E-state index is 12.7. The highest BCUT2D eigenvalue weighted by Gasteiger charge is 2.34. The van der Waals surface area contributed by atoms with Crippen molar-refractivity contribution in [3.8, 4) is 0 Å². The molecule has 0 amide bonds. The predicted molar refractivity (Wildman–Crippen MR) is 51.3 cm³/mol. The first-order chi connectivity index (χ1) is 6.35. The molecule has 1 unspecified atom stereocenters. The Morgan fingerprint density at radius 1 is 1.57 bits per heavy atom. The summed E-state index contributed by atoms with van der Waals surface area (Å²) in [6, 6.07) is 3.43. The van der Waals surface area contributed by atoms with Gasteiger partial charge in [0.05, 0.1) is 0 Å². The lowest BCUT2D eigenvalue weighted by Gasteiger charge is -2.19. The zero-order valence-electron chi connectivity index (χ0n) is 7.29. The van der Waals surface area contributed by atoms with Gasteiger partial charge < -0.3 is 10.2 Å². The van der Waals surface area contributed by atoms with E-state index < -0.39 is 17.4 Å². The molecule has 0 saturated heterocycles. The third-order valence-corrected chi connectivity index (χ3v) is 2.53. The SMILES string of the molecule is CC(O)(C(=O)O)c1ccc(F)cc1Br. The summed E-state index contributed by atoms with van der Waals surface area (Å²) in [7, 11) is 0. The molecular formula is C9H8BrFO3. The maximum atomic E-state index is 12.7. The molecule has 0 aliphatic heterocycles. The monoisotopic (exact) mass is 262 g/mol. The van der Waals surface area contributed by atoms with Crippen molar-refractivity contribution < 1.29 is 19.4 Å². The molecule has 1 aromatic rings. The Kier molecular flexibility index (Phi) is 2.92. The van der Waals surface area contributed by atoms with Crippen LogP contribution in [0.4, 0.5) is 4.39 Å². The van der Waals surface area contributed by atoms with Gasteiger partial charge in [-0.3, -0.25) is 0 Å². The highest BCUT2D eigenvalue weighted by molar-refractivity contribution is 9.10. The van der Waals surface area contributed by atoms with Gasteiger partial charge in [0.1, 0.15) is 5.82 Å². The first-order valence-electron chi connectivity index (χ1n) is 3.77. The summed E-state index contributed by atoms with van der Waals surface area (Å²) in [6.07, 6.45) is 0. The van der Waals surface area contributed by atoms with Crippen LogP contribution in [-0.4, -0.2) is 16.2 Å². The summed E-state index contributed by atoms with van der Waals surface area (Å²) in [6.45, 7) is 1.13. The lowest BCUT2D eigenvalue weighted by molar-refractivity contribution is -0.157. The summed E-state index contributed by atoms with van der Waals surface area (Å²) in [4.78, 5) is 10.7. The van der Waals surface area contributed by atoms with Gasteiger partial charge in [-0.15, -0.1) is 0 Å². The molecule has 5 heteroatoms. The molecule has 0 saturated carbocycles. The van der Waals surface area contributed by atoms with Crippen molar-refractivity contribution in [3.63, 3.8) is 0 Å². The number of hydrogen-bond donors (Lipinski definition) is 2. The molecule has 2 N–H and O–H groups in total. The Hall–Kier alpha value is -0.940. The number of carboxylic acids is 1. The molecule has 76 valence electrons. The van der Waals surface area contributed by atoms with E-state index in [2.05, 4.69) is 15.9 Å². The summed E-state index contributed by atoms with van der Waals surface area (Å²) in [5.74, 6) is -1.88. The second-order valence-electron chi connectivity index (χ2n) is 3.00. The Morgan fingerprint density at radius 2 is 2.14 bits per heavy atom. The normalized spacial score (nSPS) is 14.9. The van der Waals surface area contributed by atoms with Gasteiger partial charge in [-0.1, -0.05) is 22.0 Å². The lowest BCUT2D eigenvalue weighted by atomic mass is 9.96. The van der Waals surface area contributed by atoms with Gasteiger partial charge in [0.2, 0.25) is 0 Å². The molecule has 1 rings (SSSR count). The first-order valence-corrected chi connectivity index (χ1v) is 4.56. The molecule has 0 fully saturated rings. The van der Waals surface area contributed by atoms with Gasteiger partial charge in [-0.05, 0) is 19.1 Å². The molecule has 1 aromatic carbocycles. The van der Waals surface area contributed by atoms with E-state index >= 15 is 0 Å². The Morgan fingerprint density at radius 3 is 2.57 bits per heavy atom. The maximum Gasteiger partial charge on any atom is 0.340 e. The fraction of sp³-hybridized carbons (Fsp3) is 0.222. The van der Waals surface area contributed by atoms with Gasteiger partial charge >= 0.3 is 5.97 Å². The molecule has 0 aromatic heterocycles. The quantitative estimate of drug-likeness (QED) is 0.856. The van der Waals surface area contributed by atoms with Gasteiger partial charge in [0.15, 0.2) is 5.60 Å². The van der Waals surface area contributed by atoms with Crippen molar-refractivity contribution in [2.75, 3.05) is 0 Å². The third-order valence-electron chi connectivity index (χ3n) is 1.87. The second kappa shape index (κ2) is 3.67. The van der Waals surface area contributed by atoms with Crippen LogP contribution < -0.4 is 0 Å². The van der Waals surface area contributed by atoms with Crippen LogP contribution in [0, 0.1) is 5.82 Å². The minimum absolute atomic E-state index is 0.117. The number of aliphatic carboxylic acids is 1. The van der Waals surface area contributed by atoms with Gasteiger partial charge in [0.25, 0.3) is 0 Å². The Bertz CT molecular complexity index is 376. The minimum Gasteiger partial charge on any atom is -0.479 e. The highest BCUT2D eigenvalue weighted by Crippen LogP contribution is 2.29. The predicted octanol–water partition coefficient (Wildman–Crippen LogP) is 1.88. The van der Waals surface area contributed by atoms with Crippen LogP contribution in [-0.2, 0) is 10.4 Å². The van der Waals surface area contributed by atoms with Crippen molar-refractivity contribution in [1.29, 1.82) is 0 Å². The number of carbonyl (C=O) groups is 1. The zero-order chi connectivity index (χ0) is 10.9. The second-order valence-corrected chi connectivity index (χ2v) is 3.86. The van der Waals surface area contributed by atoms with Gasteiger partial charge in [0, 0.05) is 10.0 Å². The lowest BCUT2D eigenvalue weighted by Crippen LogP contribution is -2.32. The number of benzene rings is 1. The topological polar surface area (TPSA) is 57.5 Å². The van der Waals surface area contributed by atoms with E-state index in [1.165, 1.54) is 6.07 Å². The van der Waals surface area contributed by atoms with Crippen molar-refractivity contribution in [3.05, 3.63) is 34.1 Å². The highest BCUT2D eigenvalue weighted by atomic mass is 79.9. The van der Waals surface area contributed by atoms with Crippen LogP contribution in [0.3, 0.4) is 0 Å². The van der Waals surface area contributed by atoms with Crippen LogP contribution >= 0.6 is 15.9 Å². The Labute approximate surface area is 88.3 Å². The average Bonchev–Trinajstić information content (AvgIpc) is 2.02. The number of carboxylic acid groups (broad SMARTS) is 1. The third kappa shape index (κ3) is 1.93. The first kappa shape index (κ1) is 11.1. The number of rotatable bonds is 2. The molecular weight excluding hydrogens is 255 g/mol. The summed E-state index contributed by atoms with van der Waals surface area (Å²) >= 11 is 2.99. The molecule has 1 atom stereocenters. The van der Waals surface area contributed by atoms with Gasteiger partial charge in [-0.25, -0.2) is 9.18 Å². The molecule has 0 aliphatic carbocycles. The van der Waals surface area contributed by atoms with Crippen LogP contribution in [0.15, 0.2) is 22.7 Å². The van der Waals surface area contributed by atoms with E-state index in [9.17, 15) is 14.3 Å². The van der Waals surface area contributed by atoms with E-state index in [1.54, 1.807) is 0 Å². The molecule has 0 aliphatic rings.